The van der Waals surface area contributed by atoms with Gasteiger partial charge in [-0.25, -0.2) is 0 Å². The Kier molecular flexibility index (Phi) is 3.20. The highest BCUT2D eigenvalue weighted by Gasteiger charge is 2.44. The zero-order valence-corrected chi connectivity index (χ0v) is 10.4. The lowest BCUT2D eigenvalue weighted by Gasteiger charge is -2.24. The van der Waals surface area contributed by atoms with Crippen molar-refractivity contribution in [1.82, 2.24) is 5.32 Å². The largest absolute Gasteiger partial charge is 0.494 e. The van der Waals surface area contributed by atoms with Crippen molar-refractivity contribution < 1.29 is 4.74 Å². The summed E-state index contributed by atoms with van der Waals surface area (Å²) in [7, 11) is 2.04. The summed E-state index contributed by atoms with van der Waals surface area (Å²) in [4.78, 5) is 0. The van der Waals surface area contributed by atoms with E-state index < -0.39 is 0 Å². The summed E-state index contributed by atoms with van der Waals surface area (Å²) in [5, 5.41) is 3.43. The van der Waals surface area contributed by atoms with E-state index in [4.69, 9.17) is 4.74 Å². The van der Waals surface area contributed by atoms with Gasteiger partial charge in [0.1, 0.15) is 5.75 Å². The minimum Gasteiger partial charge on any atom is -0.494 e. The number of hydrogen-bond acceptors (Lipinski definition) is 2. The number of benzene rings is 1. The summed E-state index contributed by atoms with van der Waals surface area (Å²) in [6.07, 6.45) is 2.63. The van der Waals surface area contributed by atoms with Crippen LogP contribution in [0.25, 0.3) is 0 Å². The Morgan fingerprint density at radius 1 is 1.44 bits per heavy atom. The molecule has 1 unspecified atom stereocenters. The first-order valence-corrected chi connectivity index (χ1v) is 6.09. The highest BCUT2D eigenvalue weighted by Crippen LogP contribution is 2.54. The standard InChI is InChI=1S/C14H21NO/c1-4-16-12-7-5-6-11(10-12)13(15-3)14(2)8-9-14/h5-7,10,13,15H,4,8-9H2,1-3H3. The third kappa shape index (κ3) is 2.22. The van der Waals surface area contributed by atoms with E-state index in [2.05, 4.69) is 30.4 Å². The van der Waals surface area contributed by atoms with Gasteiger partial charge in [0.25, 0.3) is 0 Å². The Hall–Kier alpha value is -1.02. The highest BCUT2D eigenvalue weighted by molar-refractivity contribution is 5.32. The second-order valence-electron chi connectivity index (χ2n) is 4.88. The fraction of sp³-hybridized carbons (Fsp3) is 0.571. The van der Waals surface area contributed by atoms with Crippen molar-refractivity contribution in [2.75, 3.05) is 13.7 Å². The monoisotopic (exact) mass is 219 g/mol. The molecule has 2 rings (SSSR count). The number of rotatable bonds is 5. The van der Waals surface area contributed by atoms with Crippen molar-refractivity contribution in [3.05, 3.63) is 29.8 Å². The zero-order chi connectivity index (χ0) is 11.6. The second-order valence-corrected chi connectivity index (χ2v) is 4.88. The van der Waals surface area contributed by atoms with Crippen molar-refractivity contribution in [2.24, 2.45) is 5.41 Å². The number of hydrogen-bond donors (Lipinski definition) is 1. The van der Waals surface area contributed by atoms with Crippen LogP contribution in [-0.2, 0) is 0 Å². The van der Waals surface area contributed by atoms with Gasteiger partial charge in [-0.15, -0.1) is 0 Å². The van der Waals surface area contributed by atoms with Crippen molar-refractivity contribution in [1.29, 1.82) is 0 Å². The molecular weight excluding hydrogens is 198 g/mol. The van der Waals surface area contributed by atoms with Gasteiger partial charge in [-0.3, -0.25) is 0 Å². The molecule has 1 aliphatic rings. The van der Waals surface area contributed by atoms with E-state index in [0.717, 1.165) is 12.4 Å². The van der Waals surface area contributed by atoms with Crippen molar-refractivity contribution >= 4 is 0 Å². The summed E-state index contributed by atoms with van der Waals surface area (Å²) < 4.78 is 5.55. The van der Waals surface area contributed by atoms with Crippen molar-refractivity contribution in [2.45, 2.75) is 32.7 Å². The maximum Gasteiger partial charge on any atom is 0.119 e. The molecule has 0 amide bonds. The predicted molar refractivity (Wildman–Crippen MR) is 66.8 cm³/mol. The average Bonchev–Trinajstić information content (AvgIpc) is 2.99. The van der Waals surface area contributed by atoms with Crippen LogP contribution < -0.4 is 10.1 Å². The van der Waals surface area contributed by atoms with Crippen molar-refractivity contribution in [3.8, 4) is 5.75 Å². The van der Waals surface area contributed by atoms with Crippen LogP contribution in [0.3, 0.4) is 0 Å². The Morgan fingerprint density at radius 3 is 2.75 bits per heavy atom. The van der Waals surface area contributed by atoms with E-state index in [1.165, 1.54) is 18.4 Å². The topological polar surface area (TPSA) is 21.3 Å². The van der Waals surface area contributed by atoms with Gasteiger partial charge in [0.2, 0.25) is 0 Å². The summed E-state index contributed by atoms with van der Waals surface area (Å²) in [5.41, 5.74) is 1.79. The molecule has 2 heteroatoms. The molecule has 1 saturated carbocycles. The molecule has 1 aromatic carbocycles. The van der Waals surface area contributed by atoms with Gasteiger partial charge >= 0.3 is 0 Å². The van der Waals surface area contributed by atoms with E-state index in [0.29, 0.717) is 11.5 Å². The minimum atomic E-state index is 0.444. The molecule has 0 aromatic heterocycles. The summed E-state index contributed by atoms with van der Waals surface area (Å²) in [6.45, 7) is 5.09. The van der Waals surface area contributed by atoms with E-state index >= 15 is 0 Å². The number of ether oxygens (including phenoxy) is 1. The molecule has 0 saturated heterocycles. The second kappa shape index (κ2) is 4.46. The van der Waals surface area contributed by atoms with E-state index in [1.807, 2.05) is 20.0 Å². The molecule has 16 heavy (non-hydrogen) atoms. The van der Waals surface area contributed by atoms with Crippen LogP contribution in [0.4, 0.5) is 0 Å². The molecule has 0 spiro atoms. The molecular formula is C14H21NO. The van der Waals surface area contributed by atoms with Gasteiger partial charge < -0.3 is 10.1 Å². The molecule has 1 aromatic rings. The van der Waals surface area contributed by atoms with Crippen LogP contribution >= 0.6 is 0 Å². The van der Waals surface area contributed by atoms with Gasteiger partial charge in [-0.1, -0.05) is 19.1 Å². The zero-order valence-electron chi connectivity index (χ0n) is 10.4. The van der Waals surface area contributed by atoms with Crippen LogP contribution in [0.5, 0.6) is 5.75 Å². The normalized spacial score (nSPS) is 19.2. The third-order valence-electron chi connectivity index (χ3n) is 3.53. The van der Waals surface area contributed by atoms with Crippen LogP contribution in [0.15, 0.2) is 24.3 Å². The quantitative estimate of drug-likeness (QED) is 0.821. The Labute approximate surface area is 98.0 Å². The summed E-state index contributed by atoms with van der Waals surface area (Å²) in [5.74, 6) is 0.976. The van der Waals surface area contributed by atoms with Crippen molar-refractivity contribution in [3.63, 3.8) is 0 Å². The molecule has 1 aliphatic carbocycles. The molecule has 0 heterocycles. The first-order chi connectivity index (χ1) is 7.69. The minimum absolute atomic E-state index is 0.444. The highest BCUT2D eigenvalue weighted by atomic mass is 16.5. The fourth-order valence-electron chi connectivity index (χ4n) is 2.35. The molecule has 88 valence electrons. The molecule has 2 nitrogen and oxygen atoms in total. The van der Waals surface area contributed by atoms with Gasteiger partial charge in [-0.05, 0) is 49.9 Å². The van der Waals surface area contributed by atoms with Crippen LogP contribution in [0, 0.1) is 5.41 Å². The van der Waals surface area contributed by atoms with E-state index in [1.54, 1.807) is 0 Å². The molecule has 1 fully saturated rings. The first kappa shape index (κ1) is 11.5. The number of nitrogens with one attached hydrogen (secondary N) is 1. The smallest absolute Gasteiger partial charge is 0.119 e. The predicted octanol–water partition coefficient (Wildman–Crippen LogP) is 3.15. The lowest BCUT2D eigenvalue weighted by molar-refractivity contribution is 0.337. The lowest BCUT2D eigenvalue weighted by atomic mass is 9.92. The van der Waals surface area contributed by atoms with Crippen LogP contribution in [0.2, 0.25) is 0 Å². The molecule has 0 radical (unpaired) electrons. The summed E-state index contributed by atoms with van der Waals surface area (Å²) >= 11 is 0. The molecule has 0 bridgehead atoms. The molecule has 0 aliphatic heterocycles. The maximum atomic E-state index is 5.55. The van der Waals surface area contributed by atoms with E-state index in [-0.39, 0.29) is 0 Å². The van der Waals surface area contributed by atoms with Crippen LogP contribution in [0.1, 0.15) is 38.3 Å². The maximum absolute atomic E-state index is 5.55. The molecule has 1 N–H and O–H groups in total. The lowest BCUT2D eigenvalue weighted by Crippen LogP contribution is -2.24. The van der Waals surface area contributed by atoms with Gasteiger partial charge in [0, 0.05) is 6.04 Å². The van der Waals surface area contributed by atoms with Gasteiger partial charge in [-0.2, -0.15) is 0 Å². The average molecular weight is 219 g/mol. The summed E-state index contributed by atoms with van der Waals surface area (Å²) in [6, 6.07) is 8.90. The Balaban J connectivity index is 2.21. The Morgan fingerprint density at radius 2 is 2.19 bits per heavy atom. The Bertz CT molecular complexity index is 358. The first-order valence-electron chi connectivity index (χ1n) is 6.09. The third-order valence-corrected chi connectivity index (χ3v) is 3.53. The van der Waals surface area contributed by atoms with Crippen LogP contribution in [-0.4, -0.2) is 13.7 Å². The fourth-order valence-corrected chi connectivity index (χ4v) is 2.35. The SMILES string of the molecule is CCOc1cccc(C(NC)C2(C)CC2)c1. The molecule has 1 atom stereocenters. The van der Waals surface area contributed by atoms with Gasteiger partial charge in [0.05, 0.1) is 6.61 Å². The van der Waals surface area contributed by atoms with Gasteiger partial charge in [0.15, 0.2) is 0 Å². The van der Waals surface area contributed by atoms with E-state index in [9.17, 15) is 0 Å².